The van der Waals surface area contributed by atoms with Crippen LogP contribution in [0.25, 0.3) is 21.8 Å². The summed E-state index contributed by atoms with van der Waals surface area (Å²) in [5, 5.41) is 32.8. The highest BCUT2D eigenvalue weighted by molar-refractivity contribution is 5.94. The zero-order valence-electron chi connectivity index (χ0n) is 35.6. The van der Waals surface area contributed by atoms with Crippen molar-refractivity contribution in [3.05, 3.63) is 142 Å². The third-order valence-electron chi connectivity index (χ3n) is 11.3. The van der Waals surface area contributed by atoms with Gasteiger partial charge < -0.3 is 25.5 Å². The van der Waals surface area contributed by atoms with Gasteiger partial charge in [-0.05, 0) is 98.3 Å². The smallest absolute Gasteiger partial charge is 0.433 e. The van der Waals surface area contributed by atoms with E-state index in [9.17, 15) is 72.5 Å². The molecule has 6 aromatic rings. The van der Waals surface area contributed by atoms with Crippen molar-refractivity contribution in [1.29, 1.82) is 0 Å². The molecule has 0 aliphatic carbocycles. The molecule has 1 amide bonds. The number of aliphatic hydroxyl groups excluding tert-OH is 2. The molecule has 4 N–H and O–H groups in total. The number of halogens is 12. The number of hydrogen-bond acceptors (Lipinski definition) is 9. The minimum Gasteiger partial charge on any atom is -0.478 e. The van der Waals surface area contributed by atoms with Crippen molar-refractivity contribution in [2.45, 2.75) is 87.5 Å². The number of hydrogen-bond donors (Lipinski definition) is 4. The van der Waals surface area contributed by atoms with Gasteiger partial charge in [-0.3, -0.25) is 14.8 Å². The van der Waals surface area contributed by atoms with Gasteiger partial charge in [0.05, 0.1) is 45.4 Å². The van der Waals surface area contributed by atoms with Crippen molar-refractivity contribution in [1.82, 2.24) is 30.2 Å². The summed E-state index contributed by atoms with van der Waals surface area (Å²) in [6, 6.07) is 11.8. The van der Waals surface area contributed by atoms with Gasteiger partial charge in [-0.15, -0.1) is 0 Å². The van der Waals surface area contributed by atoms with Crippen LogP contribution in [0.5, 0.6) is 0 Å². The van der Waals surface area contributed by atoms with Crippen LogP contribution in [0.1, 0.15) is 105 Å². The molecule has 2 aliphatic rings. The zero-order valence-corrected chi connectivity index (χ0v) is 35.6. The van der Waals surface area contributed by atoms with E-state index in [-0.39, 0.29) is 46.0 Å². The summed E-state index contributed by atoms with van der Waals surface area (Å²) in [6.45, 7) is 0.822. The van der Waals surface area contributed by atoms with E-state index in [4.69, 9.17) is 5.11 Å². The van der Waals surface area contributed by atoms with Gasteiger partial charge in [-0.2, -0.15) is 52.7 Å². The first kappa shape index (κ1) is 51.9. The van der Waals surface area contributed by atoms with Crippen LogP contribution in [0, 0.1) is 0 Å². The van der Waals surface area contributed by atoms with Crippen LogP contribution in [0.2, 0.25) is 0 Å². The number of aliphatic hydroxyl groups is 2. The third-order valence-corrected chi connectivity index (χ3v) is 11.3. The van der Waals surface area contributed by atoms with Gasteiger partial charge in [0.1, 0.15) is 17.5 Å². The number of nitrogens with zero attached hydrogens (tertiary/aromatic N) is 5. The number of likely N-dealkylation sites (tertiary alicyclic amines) is 1. The Balaban J connectivity index is 0.000000196. The molecule has 6 heterocycles. The SMILES string of the molecule is O=C(O)c1cccnc1.O=C(c1cccnc1)N1CCCC[C@@H]1[C@@H](O)c1cc(C(F)(F)F)nc2c(C(F)(F)F)cccc12.O[C@@H](c1cc(C(F)(F)F)nc2c(C(F)(F)F)cccc12)[C@H]1CCCCN1. The molecular weight excluding hydrogens is 945 g/mol. The number of aromatic carboxylic acids is 1. The van der Waals surface area contributed by atoms with Crippen molar-refractivity contribution in [2.24, 2.45) is 0 Å². The molecule has 0 radical (unpaired) electrons. The largest absolute Gasteiger partial charge is 0.478 e. The molecule has 4 aromatic heterocycles. The first-order chi connectivity index (χ1) is 32.4. The lowest BCUT2D eigenvalue weighted by Crippen LogP contribution is -2.47. The average molecular weight is 985 g/mol. The first-order valence-electron chi connectivity index (χ1n) is 21.0. The minimum absolute atomic E-state index is 0.132. The maximum atomic E-state index is 13.6. The second-order valence-corrected chi connectivity index (χ2v) is 15.9. The molecule has 0 saturated carbocycles. The van der Waals surface area contributed by atoms with Gasteiger partial charge in [-0.1, -0.05) is 30.7 Å². The number of benzene rings is 2. The molecule has 4 atom stereocenters. The van der Waals surface area contributed by atoms with Crippen molar-refractivity contribution < 1.29 is 77.6 Å². The number of nitrogens with one attached hydrogen (secondary N) is 1. The number of carbonyl (C=O) groups excluding carboxylic acids is 1. The number of amides is 1. The van der Waals surface area contributed by atoms with E-state index in [1.54, 1.807) is 12.1 Å². The van der Waals surface area contributed by atoms with Gasteiger partial charge in [0, 0.05) is 48.1 Å². The number of fused-ring (bicyclic) bond motifs is 2. The second kappa shape index (κ2) is 21.0. The molecule has 2 aliphatic heterocycles. The molecule has 368 valence electrons. The van der Waals surface area contributed by atoms with E-state index in [1.165, 1.54) is 54.0 Å². The Bertz CT molecular complexity index is 2730. The molecule has 2 saturated heterocycles. The number of piperidine rings is 2. The quantitative estimate of drug-likeness (QED) is 0.118. The minimum atomic E-state index is -5.04. The van der Waals surface area contributed by atoms with Crippen molar-refractivity contribution >= 4 is 33.7 Å². The molecular formula is C46H40F12N6O5. The zero-order chi connectivity index (χ0) is 50.5. The molecule has 11 nitrogen and oxygen atoms in total. The predicted molar refractivity (Wildman–Crippen MR) is 223 cm³/mol. The van der Waals surface area contributed by atoms with Crippen molar-refractivity contribution in [3.8, 4) is 0 Å². The Kier molecular flexibility index (Phi) is 15.8. The second-order valence-electron chi connectivity index (χ2n) is 15.9. The number of pyridine rings is 4. The lowest BCUT2D eigenvalue weighted by molar-refractivity contribution is -0.142. The number of carbonyl (C=O) groups is 2. The Hall–Kier alpha value is -6.46. The van der Waals surface area contributed by atoms with Crippen LogP contribution in [0.3, 0.4) is 0 Å². The fourth-order valence-electron chi connectivity index (χ4n) is 8.04. The molecule has 69 heavy (non-hydrogen) atoms. The summed E-state index contributed by atoms with van der Waals surface area (Å²) in [5.74, 6) is -1.41. The summed E-state index contributed by atoms with van der Waals surface area (Å²) in [7, 11) is 0. The highest BCUT2D eigenvalue weighted by Gasteiger charge is 2.42. The van der Waals surface area contributed by atoms with E-state index in [0.29, 0.717) is 50.1 Å². The lowest BCUT2D eigenvalue weighted by Gasteiger charge is -2.39. The van der Waals surface area contributed by atoms with E-state index in [0.717, 1.165) is 25.0 Å². The summed E-state index contributed by atoms with van der Waals surface area (Å²) in [5.41, 5.74) is -7.42. The molecule has 0 unspecified atom stereocenters. The van der Waals surface area contributed by atoms with E-state index in [2.05, 4.69) is 25.3 Å². The van der Waals surface area contributed by atoms with Crippen LogP contribution in [-0.4, -0.2) is 77.2 Å². The fraction of sp³-hybridized carbons (Fsp3) is 0.348. The standard InChI is InChI=1S/C23H19F6N3O2.C17H16F6N2O.C6H5NO2/c24-22(25,26)16-7-3-6-14-15(11-18(23(27,28)29)31-19(14)16)20(33)17-8-1-2-10-32(17)21(34)13-5-4-9-30-12-13;18-16(19,20)11-5-3-4-9-10(15(26)12-6-1-2-7-24-12)8-13(17(21,22)23)25-14(9)11;8-6(9)5-2-1-3-7-4-5/h3-7,9,11-12,17,20,33H,1-2,8,10H2;3-5,8,12,15,24,26H,1-2,6-7H2;1-4H,(H,8,9)/t17-,20+;12-,15+;/m11./s1. The van der Waals surface area contributed by atoms with Crippen molar-refractivity contribution in [2.75, 3.05) is 13.1 Å². The molecule has 0 bridgehead atoms. The molecule has 0 spiro atoms. The molecule has 8 rings (SSSR count). The van der Waals surface area contributed by atoms with Crippen LogP contribution in [-0.2, 0) is 24.7 Å². The van der Waals surface area contributed by atoms with Gasteiger partial charge in [-0.25, -0.2) is 14.8 Å². The lowest BCUT2D eigenvalue weighted by atomic mass is 9.89. The van der Waals surface area contributed by atoms with E-state index >= 15 is 0 Å². The first-order valence-corrected chi connectivity index (χ1v) is 21.0. The molecule has 23 heteroatoms. The Labute approximate surface area is 383 Å². The van der Waals surface area contributed by atoms with Gasteiger partial charge in [0.15, 0.2) is 0 Å². The summed E-state index contributed by atoms with van der Waals surface area (Å²) >= 11 is 0. The predicted octanol–water partition coefficient (Wildman–Crippen LogP) is 10.6. The van der Waals surface area contributed by atoms with Crippen LogP contribution in [0.15, 0.2) is 97.6 Å². The number of carboxylic acids is 1. The molecule has 2 aromatic carbocycles. The van der Waals surface area contributed by atoms with Crippen molar-refractivity contribution in [3.63, 3.8) is 0 Å². The monoisotopic (exact) mass is 984 g/mol. The summed E-state index contributed by atoms with van der Waals surface area (Å²) < 4.78 is 161. The Morgan fingerprint density at radius 2 is 1.10 bits per heavy atom. The van der Waals surface area contributed by atoms with Gasteiger partial charge in [0.2, 0.25) is 0 Å². The number of alkyl halides is 12. The highest BCUT2D eigenvalue weighted by Crippen LogP contribution is 2.42. The Morgan fingerprint density at radius 1 is 0.609 bits per heavy atom. The fourth-order valence-corrected chi connectivity index (χ4v) is 8.04. The van der Waals surface area contributed by atoms with Gasteiger partial charge >= 0.3 is 30.7 Å². The van der Waals surface area contributed by atoms with Crippen LogP contribution < -0.4 is 5.32 Å². The number of para-hydroxylation sites is 2. The number of rotatable bonds is 6. The number of carboxylic acid groups (broad SMARTS) is 1. The average Bonchev–Trinajstić information content (AvgIpc) is 3.32. The normalized spacial score (nSPS) is 17.8. The highest BCUT2D eigenvalue weighted by atomic mass is 19.4. The Morgan fingerprint density at radius 3 is 1.52 bits per heavy atom. The summed E-state index contributed by atoms with van der Waals surface area (Å²) in [6.07, 6.45) is -13.6. The van der Waals surface area contributed by atoms with E-state index in [1.807, 2.05) is 0 Å². The maximum Gasteiger partial charge on any atom is 0.433 e. The molecule has 2 fully saturated rings. The maximum absolute atomic E-state index is 13.6. The van der Waals surface area contributed by atoms with E-state index < -0.39 is 94.4 Å². The summed E-state index contributed by atoms with van der Waals surface area (Å²) in [4.78, 5) is 38.6. The van der Waals surface area contributed by atoms with Crippen LogP contribution >= 0.6 is 0 Å². The topological polar surface area (TPSA) is 162 Å². The third kappa shape index (κ3) is 12.4. The number of aromatic nitrogens is 4. The van der Waals surface area contributed by atoms with Crippen LogP contribution in [0.4, 0.5) is 52.7 Å². The van der Waals surface area contributed by atoms with Gasteiger partial charge in [0.25, 0.3) is 5.91 Å².